The van der Waals surface area contributed by atoms with E-state index in [-0.39, 0.29) is 0 Å². The Morgan fingerprint density at radius 3 is 2.93 bits per heavy atom. The van der Waals surface area contributed by atoms with Crippen molar-refractivity contribution in [3.8, 4) is 0 Å². The van der Waals surface area contributed by atoms with Gasteiger partial charge in [-0.3, -0.25) is 0 Å². The molecule has 0 fully saturated rings. The summed E-state index contributed by atoms with van der Waals surface area (Å²) in [7, 11) is 0. The molecule has 15 heavy (non-hydrogen) atoms. The van der Waals surface area contributed by atoms with E-state index in [9.17, 15) is 0 Å². The van der Waals surface area contributed by atoms with Crippen LogP contribution in [0.4, 0.5) is 0 Å². The van der Waals surface area contributed by atoms with Crippen molar-refractivity contribution in [2.45, 2.75) is 40.2 Å². The summed E-state index contributed by atoms with van der Waals surface area (Å²) in [5.41, 5.74) is 0. The standard InChI is InChI=1S/C12H23N3/c1-4-13-7-6-11(3)10-12-14-8-9-15(12)5-2/h8-9,11,13H,4-7,10H2,1-3H3. The van der Waals surface area contributed by atoms with Crippen molar-refractivity contribution in [3.05, 3.63) is 18.2 Å². The monoisotopic (exact) mass is 209 g/mol. The first kappa shape index (κ1) is 12.2. The molecule has 1 heterocycles. The number of aryl methyl sites for hydroxylation is 1. The molecule has 1 rings (SSSR count). The predicted octanol–water partition coefficient (Wildman–Crippen LogP) is 2.08. The van der Waals surface area contributed by atoms with E-state index in [0.717, 1.165) is 26.1 Å². The number of nitrogens with one attached hydrogen (secondary N) is 1. The fourth-order valence-electron chi connectivity index (χ4n) is 1.76. The minimum absolute atomic E-state index is 0.705. The molecule has 1 aromatic heterocycles. The van der Waals surface area contributed by atoms with Crippen molar-refractivity contribution in [1.82, 2.24) is 14.9 Å². The average molecular weight is 209 g/mol. The molecule has 0 saturated heterocycles. The topological polar surface area (TPSA) is 29.9 Å². The van der Waals surface area contributed by atoms with Gasteiger partial charge >= 0.3 is 0 Å². The Hall–Kier alpha value is -0.830. The van der Waals surface area contributed by atoms with E-state index >= 15 is 0 Å². The van der Waals surface area contributed by atoms with Crippen molar-refractivity contribution in [3.63, 3.8) is 0 Å². The van der Waals surface area contributed by atoms with Crippen LogP contribution in [-0.2, 0) is 13.0 Å². The summed E-state index contributed by atoms with van der Waals surface area (Å²) in [6.07, 6.45) is 6.28. The maximum absolute atomic E-state index is 4.40. The van der Waals surface area contributed by atoms with E-state index in [1.807, 2.05) is 6.20 Å². The molecule has 1 aromatic rings. The van der Waals surface area contributed by atoms with Crippen molar-refractivity contribution >= 4 is 0 Å². The van der Waals surface area contributed by atoms with Crippen LogP contribution < -0.4 is 5.32 Å². The van der Waals surface area contributed by atoms with Crippen LogP contribution in [0.3, 0.4) is 0 Å². The van der Waals surface area contributed by atoms with Crippen LogP contribution in [0.2, 0.25) is 0 Å². The van der Waals surface area contributed by atoms with Gasteiger partial charge in [0.15, 0.2) is 0 Å². The van der Waals surface area contributed by atoms with Crippen LogP contribution in [0.25, 0.3) is 0 Å². The van der Waals surface area contributed by atoms with Crippen molar-refractivity contribution in [2.75, 3.05) is 13.1 Å². The maximum Gasteiger partial charge on any atom is 0.108 e. The minimum atomic E-state index is 0.705. The van der Waals surface area contributed by atoms with Gasteiger partial charge in [-0.15, -0.1) is 0 Å². The first-order chi connectivity index (χ1) is 7.27. The molecule has 0 spiro atoms. The highest BCUT2D eigenvalue weighted by atomic mass is 15.0. The minimum Gasteiger partial charge on any atom is -0.335 e. The number of imidazole rings is 1. The lowest BCUT2D eigenvalue weighted by Crippen LogP contribution is -2.18. The Balaban J connectivity index is 2.33. The molecular weight excluding hydrogens is 186 g/mol. The molecule has 1 unspecified atom stereocenters. The van der Waals surface area contributed by atoms with Gasteiger partial charge in [-0.05, 0) is 32.4 Å². The van der Waals surface area contributed by atoms with Gasteiger partial charge in [0.2, 0.25) is 0 Å². The second-order valence-corrected chi connectivity index (χ2v) is 4.08. The molecule has 0 amide bonds. The Kier molecular flexibility index (Phi) is 5.40. The predicted molar refractivity (Wildman–Crippen MR) is 63.9 cm³/mol. The molecule has 0 bridgehead atoms. The number of nitrogens with zero attached hydrogens (tertiary/aromatic N) is 2. The van der Waals surface area contributed by atoms with Gasteiger partial charge in [0.25, 0.3) is 0 Å². The largest absolute Gasteiger partial charge is 0.335 e. The van der Waals surface area contributed by atoms with Crippen LogP contribution in [0.15, 0.2) is 12.4 Å². The van der Waals surface area contributed by atoms with Crippen molar-refractivity contribution < 1.29 is 0 Å². The quantitative estimate of drug-likeness (QED) is 0.697. The molecule has 3 nitrogen and oxygen atoms in total. The van der Waals surface area contributed by atoms with Crippen LogP contribution in [-0.4, -0.2) is 22.6 Å². The van der Waals surface area contributed by atoms with E-state index in [1.165, 1.54) is 12.2 Å². The highest BCUT2D eigenvalue weighted by Crippen LogP contribution is 2.09. The molecule has 0 aliphatic carbocycles. The van der Waals surface area contributed by atoms with Gasteiger partial charge in [-0.25, -0.2) is 4.98 Å². The number of hydrogen-bond donors (Lipinski definition) is 1. The SMILES string of the molecule is CCNCCC(C)Cc1nccn1CC. The third-order valence-electron chi connectivity index (χ3n) is 2.74. The van der Waals surface area contributed by atoms with Gasteiger partial charge in [0.05, 0.1) is 0 Å². The number of hydrogen-bond acceptors (Lipinski definition) is 2. The van der Waals surface area contributed by atoms with E-state index in [1.54, 1.807) is 0 Å². The van der Waals surface area contributed by atoms with Crippen LogP contribution in [0, 0.1) is 5.92 Å². The summed E-state index contributed by atoms with van der Waals surface area (Å²) in [5, 5.41) is 3.36. The van der Waals surface area contributed by atoms with Crippen LogP contribution >= 0.6 is 0 Å². The third kappa shape index (κ3) is 4.04. The van der Waals surface area contributed by atoms with Crippen LogP contribution in [0.5, 0.6) is 0 Å². The fraction of sp³-hybridized carbons (Fsp3) is 0.750. The summed E-state index contributed by atoms with van der Waals surface area (Å²) in [6, 6.07) is 0. The smallest absolute Gasteiger partial charge is 0.108 e. The number of aromatic nitrogens is 2. The highest BCUT2D eigenvalue weighted by Gasteiger charge is 2.07. The first-order valence-electron chi connectivity index (χ1n) is 5.98. The summed E-state index contributed by atoms with van der Waals surface area (Å²) < 4.78 is 2.23. The highest BCUT2D eigenvalue weighted by molar-refractivity contribution is 4.93. The summed E-state index contributed by atoms with van der Waals surface area (Å²) in [5.74, 6) is 1.93. The molecule has 1 atom stereocenters. The Morgan fingerprint density at radius 1 is 1.47 bits per heavy atom. The maximum atomic E-state index is 4.40. The second kappa shape index (κ2) is 6.62. The second-order valence-electron chi connectivity index (χ2n) is 4.08. The van der Waals surface area contributed by atoms with Crippen LogP contribution in [0.1, 0.15) is 33.0 Å². The zero-order valence-electron chi connectivity index (χ0n) is 10.2. The van der Waals surface area contributed by atoms with Gasteiger partial charge in [0.1, 0.15) is 5.82 Å². The fourth-order valence-corrected chi connectivity index (χ4v) is 1.76. The van der Waals surface area contributed by atoms with E-state index in [4.69, 9.17) is 0 Å². The lowest BCUT2D eigenvalue weighted by atomic mass is 10.0. The molecule has 1 N–H and O–H groups in total. The van der Waals surface area contributed by atoms with Gasteiger partial charge in [-0.1, -0.05) is 13.8 Å². The number of rotatable bonds is 7. The van der Waals surface area contributed by atoms with Gasteiger partial charge < -0.3 is 9.88 Å². The molecular formula is C12H23N3. The zero-order chi connectivity index (χ0) is 11.1. The normalized spacial score (nSPS) is 13.0. The Bertz CT molecular complexity index is 268. The van der Waals surface area contributed by atoms with Gasteiger partial charge in [-0.2, -0.15) is 0 Å². The lowest BCUT2D eigenvalue weighted by Gasteiger charge is -2.12. The molecule has 0 radical (unpaired) electrons. The van der Waals surface area contributed by atoms with E-state index in [0.29, 0.717) is 5.92 Å². The first-order valence-corrected chi connectivity index (χ1v) is 5.98. The zero-order valence-corrected chi connectivity index (χ0v) is 10.2. The lowest BCUT2D eigenvalue weighted by molar-refractivity contribution is 0.483. The Labute approximate surface area is 92.9 Å². The van der Waals surface area contributed by atoms with Crippen molar-refractivity contribution in [2.24, 2.45) is 5.92 Å². The average Bonchev–Trinajstić information content (AvgIpc) is 2.65. The van der Waals surface area contributed by atoms with Gasteiger partial charge in [0, 0.05) is 25.4 Å². The molecule has 0 saturated carbocycles. The molecule has 0 aromatic carbocycles. The molecule has 0 aliphatic heterocycles. The van der Waals surface area contributed by atoms with Crippen molar-refractivity contribution in [1.29, 1.82) is 0 Å². The summed E-state index contributed by atoms with van der Waals surface area (Å²) in [4.78, 5) is 4.40. The molecule has 86 valence electrons. The third-order valence-corrected chi connectivity index (χ3v) is 2.74. The molecule has 0 aliphatic rings. The Morgan fingerprint density at radius 2 is 2.27 bits per heavy atom. The van der Waals surface area contributed by atoms with E-state index < -0.39 is 0 Å². The summed E-state index contributed by atoms with van der Waals surface area (Å²) in [6.45, 7) is 9.81. The van der Waals surface area contributed by atoms with E-state index in [2.05, 4.69) is 41.8 Å². The molecule has 3 heteroatoms. The summed E-state index contributed by atoms with van der Waals surface area (Å²) >= 11 is 0.